The lowest BCUT2D eigenvalue weighted by molar-refractivity contribution is 0.931. The fraction of sp³-hybridized carbons (Fsp3) is 0.0952. The molecule has 0 fully saturated rings. The molecule has 0 aliphatic carbocycles. The molecular formula is C63H51N3. The van der Waals surface area contributed by atoms with Crippen molar-refractivity contribution in [2.24, 2.45) is 0 Å². The summed E-state index contributed by atoms with van der Waals surface area (Å²) in [6.45, 7) is 4.19. The molecule has 318 valence electrons. The maximum Gasteiger partial charge on any atom is 0.0708 e. The number of hydrogen-bond donors (Lipinski definition) is 0. The molecule has 3 heteroatoms. The molecule has 0 unspecified atom stereocenters. The number of rotatable bonds is 13. The van der Waals surface area contributed by atoms with Crippen LogP contribution in [0.2, 0.25) is 0 Å². The van der Waals surface area contributed by atoms with Crippen LogP contribution in [0.4, 0.5) is 0 Å². The van der Waals surface area contributed by atoms with Gasteiger partial charge in [0.05, 0.1) is 17.1 Å². The lowest BCUT2D eigenvalue weighted by Crippen LogP contribution is -1.98. The second kappa shape index (κ2) is 19.4. The van der Waals surface area contributed by atoms with Gasteiger partial charge >= 0.3 is 0 Å². The van der Waals surface area contributed by atoms with Gasteiger partial charge in [-0.2, -0.15) is 0 Å². The molecule has 3 heterocycles. The molecule has 0 saturated heterocycles. The highest BCUT2D eigenvalue weighted by Gasteiger charge is 2.13. The molecule has 66 heavy (non-hydrogen) atoms. The first-order chi connectivity index (χ1) is 32.5. The highest BCUT2D eigenvalue weighted by atomic mass is 14.7. The van der Waals surface area contributed by atoms with Crippen molar-refractivity contribution >= 4 is 0 Å². The number of pyridine rings is 3. The predicted molar refractivity (Wildman–Crippen MR) is 275 cm³/mol. The van der Waals surface area contributed by atoms with E-state index in [-0.39, 0.29) is 0 Å². The third kappa shape index (κ3) is 9.87. The summed E-state index contributed by atoms with van der Waals surface area (Å²) < 4.78 is 0. The number of benzene rings is 7. The summed E-state index contributed by atoms with van der Waals surface area (Å²) in [5.74, 6) is 0. The highest BCUT2D eigenvalue weighted by molar-refractivity contribution is 5.85. The molecule has 0 amide bonds. The third-order valence-corrected chi connectivity index (χ3v) is 12.6. The van der Waals surface area contributed by atoms with E-state index < -0.39 is 0 Å². The van der Waals surface area contributed by atoms with Crippen molar-refractivity contribution in [1.82, 2.24) is 15.0 Å². The molecule has 0 radical (unpaired) electrons. The van der Waals surface area contributed by atoms with Crippen LogP contribution in [0.1, 0.15) is 33.4 Å². The summed E-state index contributed by atoms with van der Waals surface area (Å²) in [7, 11) is 0. The Morgan fingerprint density at radius 2 is 0.742 bits per heavy atom. The van der Waals surface area contributed by atoms with Gasteiger partial charge in [0.1, 0.15) is 0 Å². The summed E-state index contributed by atoms with van der Waals surface area (Å²) in [6, 6.07) is 74.8. The quantitative estimate of drug-likeness (QED) is 0.116. The van der Waals surface area contributed by atoms with Crippen LogP contribution in [0.5, 0.6) is 0 Å². The molecule has 3 nitrogen and oxygen atoms in total. The number of nitrogens with zero attached hydrogens (tertiary/aromatic N) is 3. The van der Waals surface area contributed by atoms with E-state index in [2.05, 4.69) is 224 Å². The van der Waals surface area contributed by atoms with Gasteiger partial charge in [-0.25, -0.2) is 0 Å². The normalized spacial score (nSPS) is 11.1. The molecule has 0 spiro atoms. The molecule has 3 aromatic heterocycles. The van der Waals surface area contributed by atoms with Crippen LogP contribution in [0, 0.1) is 13.8 Å². The highest BCUT2D eigenvalue weighted by Crippen LogP contribution is 2.36. The lowest BCUT2D eigenvalue weighted by atomic mass is 9.90. The molecule has 10 aromatic rings. The lowest BCUT2D eigenvalue weighted by Gasteiger charge is -2.15. The topological polar surface area (TPSA) is 38.7 Å². The van der Waals surface area contributed by atoms with Gasteiger partial charge in [0, 0.05) is 35.3 Å². The Kier molecular flexibility index (Phi) is 12.3. The monoisotopic (exact) mass is 849 g/mol. The summed E-state index contributed by atoms with van der Waals surface area (Å²) in [6.07, 6.45) is 9.54. The zero-order chi connectivity index (χ0) is 44.7. The smallest absolute Gasteiger partial charge is 0.0708 e. The molecule has 0 N–H and O–H groups in total. The van der Waals surface area contributed by atoms with E-state index in [1.807, 2.05) is 24.7 Å². The summed E-state index contributed by atoms with van der Waals surface area (Å²) in [5, 5.41) is 0. The van der Waals surface area contributed by atoms with Gasteiger partial charge in [-0.3, -0.25) is 15.0 Å². The average molecular weight is 850 g/mol. The van der Waals surface area contributed by atoms with Gasteiger partial charge in [0.15, 0.2) is 0 Å². The van der Waals surface area contributed by atoms with E-state index in [0.717, 1.165) is 65.0 Å². The van der Waals surface area contributed by atoms with Crippen LogP contribution in [-0.4, -0.2) is 15.0 Å². The van der Waals surface area contributed by atoms with Gasteiger partial charge < -0.3 is 0 Å². The van der Waals surface area contributed by atoms with E-state index >= 15 is 0 Å². The Balaban J connectivity index is 0.909. The van der Waals surface area contributed by atoms with E-state index in [9.17, 15) is 0 Å². The maximum absolute atomic E-state index is 4.80. The first-order valence-electron chi connectivity index (χ1n) is 23.0. The average Bonchev–Trinajstić information content (AvgIpc) is 3.38. The van der Waals surface area contributed by atoms with Crippen molar-refractivity contribution in [3.63, 3.8) is 0 Å². The number of hydrogen-bond acceptors (Lipinski definition) is 3. The second-order valence-corrected chi connectivity index (χ2v) is 17.4. The fourth-order valence-electron chi connectivity index (χ4n) is 8.86. The summed E-state index contributed by atoms with van der Waals surface area (Å²) >= 11 is 0. The van der Waals surface area contributed by atoms with Crippen LogP contribution in [0.25, 0.3) is 78.3 Å². The second-order valence-electron chi connectivity index (χ2n) is 17.4. The van der Waals surface area contributed by atoms with Crippen LogP contribution in [0.15, 0.2) is 225 Å². The summed E-state index contributed by atoms with van der Waals surface area (Å²) in [5.41, 5.74) is 23.7. The van der Waals surface area contributed by atoms with E-state index in [1.165, 1.54) is 72.3 Å². The molecule has 0 aliphatic rings. The molecule has 0 bridgehead atoms. The van der Waals surface area contributed by atoms with Crippen LogP contribution in [-0.2, 0) is 25.7 Å². The van der Waals surface area contributed by atoms with Crippen molar-refractivity contribution in [3.8, 4) is 78.3 Å². The maximum atomic E-state index is 4.80. The first kappa shape index (κ1) is 42.0. The Bertz CT molecular complexity index is 3210. The van der Waals surface area contributed by atoms with E-state index in [0.29, 0.717) is 0 Å². The van der Waals surface area contributed by atoms with Crippen molar-refractivity contribution in [1.29, 1.82) is 0 Å². The Morgan fingerprint density at radius 1 is 0.273 bits per heavy atom. The van der Waals surface area contributed by atoms with Crippen molar-refractivity contribution in [3.05, 3.63) is 258 Å². The van der Waals surface area contributed by atoms with Crippen molar-refractivity contribution in [2.45, 2.75) is 39.5 Å². The van der Waals surface area contributed by atoms with E-state index in [4.69, 9.17) is 4.98 Å². The van der Waals surface area contributed by atoms with Gasteiger partial charge in [-0.05, 0) is 148 Å². The van der Waals surface area contributed by atoms with Gasteiger partial charge in [-0.15, -0.1) is 0 Å². The van der Waals surface area contributed by atoms with Crippen LogP contribution >= 0.6 is 0 Å². The van der Waals surface area contributed by atoms with Crippen LogP contribution < -0.4 is 0 Å². The van der Waals surface area contributed by atoms with Gasteiger partial charge in [0.2, 0.25) is 0 Å². The van der Waals surface area contributed by atoms with E-state index in [1.54, 1.807) is 0 Å². The Hall–Kier alpha value is -8.01. The standard InChI is InChI=1S/C63H51N3/c1-44-34-36-64-62(38-44)55-23-19-47(20-24-55)14-16-49-39-48(15-13-46-17-21-54(22-18-46)61-33-12-45(2)43-66-61)40-58(41-49)60-11-7-6-10-59(60)53-29-31-56(32-30-53)63-42-57(35-37-65-63)52-27-25-51(26-28-52)50-8-4-3-5-9-50/h3-12,17-43H,13-16H2,1-2H3. The number of aromatic nitrogens is 3. The number of aryl methyl sites for hydroxylation is 6. The molecule has 0 aliphatic heterocycles. The van der Waals surface area contributed by atoms with Gasteiger partial charge in [-0.1, -0.05) is 176 Å². The SMILES string of the molecule is Cc1ccc(-c2ccc(CCc3cc(CCc4ccc(-c5cc(C)ccn5)cc4)cc(-c4ccccc4-c4ccc(-c5cc(-c6ccc(-c7ccccc7)cc6)ccn5)cc4)c3)cc2)nc1. The zero-order valence-electron chi connectivity index (χ0n) is 37.5. The minimum Gasteiger partial charge on any atom is -0.256 e. The molecule has 10 rings (SSSR count). The largest absolute Gasteiger partial charge is 0.256 e. The Morgan fingerprint density at radius 3 is 1.33 bits per heavy atom. The molecule has 0 atom stereocenters. The predicted octanol–water partition coefficient (Wildman–Crippen LogP) is 15.7. The fourth-order valence-corrected chi connectivity index (χ4v) is 8.86. The minimum absolute atomic E-state index is 0.946. The van der Waals surface area contributed by atoms with Gasteiger partial charge in [0.25, 0.3) is 0 Å². The van der Waals surface area contributed by atoms with Crippen molar-refractivity contribution in [2.75, 3.05) is 0 Å². The van der Waals surface area contributed by atoms with Crippen LogP contribution in [0.3, 0.4) is 0 Å². The van der Waals surface area contributed by atoms with Crippen molar-refractivity contribution < 1.29 is 0 Å². The third-order valence-electron chi connectivity index (χ3n) is 12.6. The molecular weight excluding hydrogens is 799 g/mol. The first-order valence-corrected chi connectivity index (χ1v) is 23.0. The minimum atomic E-state index is 0.946. The molecule has 0 saturated carbocycles. The molecule has 7 aromatic carbocycles. The Labute approximate surface area is 389 Å². The zero-order valence-corrected chi connectivity index (χ0v) is 37.5. The summed E-state index contributed by atoms with van der Waals surface area (Å²) in [4.78, 5) is 14.1.